The maximum atomic E-state index is 9.00. The minimum Gasteiger partial charge on any atom is -0.493 e. The van der Waals surface area contributed by atoms with E-state index in [0.29, 0.717) is 17.2 Å². The molecule has 0 amide bonds. The van der Waals surface area contributed by atoms with Gasteiger partial charge in [0.2, 0.25) is 5.75 Å². The van der Waals surface area contributed by atoms with Crippen molar-refractivity contribution in [3.63, 3.8) is 0 Å². The number of aliphatic hydroxyl groups is 1. The fourth-order valence-electron chi connectivity index (χ4n) is 1.42. The summed E-state index contributed by atoms with van der Waals surface area (Å²) in [6.07, 6.45) is 0. The highest BCUT2D eigenvalue weighted by atomic mass is 16.5. The minimum absolute atomic E-state index is 0.140. The molecule has 1 atom stereocenters. The Bertz CT molecular complexity index is 329. The molecular formula is C11H17NO4. The molecule has 0 heterocycles. The predicted octanol–water partition coefficient (Wildman–Crippen LogP) is 0.705. The topological polar surface area (TPSA) is 73.9 Å². The lowest BCUT2D eigenvalue weighted by atomic mass is 10.1. The lowest BCUT2D eigenvalue weighted by molar-refractivity contribution is 0.266. The first-order chi connectivity index (χ1) is 7.67. The average molecular weight is 227 g/mol. The van der Waals surface area contributed by atoms with Crippen LogP contribution in [0.25, 0.3) is 0 Å². The van der Waals surface area contributed by atoms with Crippen LogP contribution in [0.2, 0.25) is 0 Å². The third-order valence-electron chi connectivity index (χ3n) is 2.31. The van der Waals surface area contributed by atoms with Gasteiger partial charge in [0.25, 0.3) is 0 Å². The lowest BCUT2D eigenvalue weighted by Crippen LogP contribution is -2.14. The molecule has 0 bridgehead atoms. The van der Waals surface area contributed by atoms with E-state index in [2.05, 4.69) is 0 Å². The predicted molar refractivity (Wildman–Crippen MR) is 60.1 cm³/mol. The second kappa shape index (κ2) is 5.58. The van der Waals surface area contributed by atoms with Gasteiger partial charge in [-0.2, -0.15) is 0 Å². The van der Waals surface area contributed by atoms with Crippen LogP contribution in [0.3, 0.4) is 0 Å². The molecule has 3 N–H and O–H groups in total. The summed E-state index contributed by atoms with van der Waals surface area (Å²) < 4.78 is 15.5. The van der Waals surface area contributed by atoms with E-state index in [9.17, 15) is 0 Å². The van der Waals surface area contributed by atoms with Crippen molar-refractivity contribution in [1.29, 1.82) is 0 Å². The van der Waals surface area contributed by atoms with E-state index in [4.69, 9.17) is 25.1 Å². The summed E-state index contributed by atoms with van der Waals surface area (Å²) in [4.78, 5) is 0. The summed E-state index contributed by atoms with van der Waals surface area (Å²) in [6.45, 7) is -0.140. The van der Waals surface area contributed by atoms with Gasteiger partial charge in [0.15, 0.2) is 11.5 Å². The van der Waals surface area contributed by atoms with Crippen LogP contribution in [-0.4, -0.2) is 33.0 Å². The van der Waals surface area contributed by atoms with E-state index in [1.54, 1.807) is 12.1 Å². The second-order valence-corrected chi connectivity index (χ2v) is 3.25. The fourth-order valence-corrected chi connectivity index (χ4v) is 1.42. The maximum absolute atomic E-state index is 9.00. The number of ether oxygens (including phenoxy) is 3. The molecule has 16 heavy (non-hydrogen) atoms. The number of hydrogen-bond donors (Lipinski definition) is 2. The summed E-state index contributed by atoms with van der Waals surface area (Å²) in [5.41, 5.74) is 6.46. The first-order valence-electron chi connectivity index (χ1n) is 4.84. The molecule has 0 aliphatic heterocycles. The van der Waals surface area contributed by atoms with Crippen molar-refractivity contribution in [3.05, 3.63) is 17.7 Å². The smallest absolute Gasteiger partial charge is 0.203 e. The first kappa shape index (κ1) is 12.6. The van der Waals surface area contributed by atoms with Gasteiger partial charge in [-0.05, 0) is 17.7 Å². The Morgan fingerprint density at radius 1 is 1.12 bits per heavy atom. The van der Waals surface area contributed by atoms with Gasteiger partial charge in [0.05, 0.1) is 34.0 Å². The Morgan fingerprint density at radius 2 is 1.62 bits per heavy atom. The molecule has 5 nitrogen and oxygen atoms in total. The Hall–Kier alpha value is -1.46. The van der Waals surface area contributed by atoms with Crippen molar-refractivity contribution in [2.75, 3.05) is 27.9 Å². The van der Waals surface area contributed by atoms with E-state index in [-0.39, 0.29) is 6.61 Å². The van der Waals surface area contributed by atoms with Gasteiger partial charge < -0.3 is 25.1 Å². The van der Waals surface area contributed by atoms with E-state index in [1.165, 1.54) is 21.3 Å². The Kier molecular flexibility index (Phi) is 4.39. The first-order valence-corrected chi connectivity index (χ1v) is 4.84. The van der Waals surface area contributed by atoms with Gasteiger partial charge >= 0.3 is 0 Å². The molecule has 90 valence electrons. The van der Waals surface area contributed by atoms with Gasteiger partial charge in [-0.25, -0.2) is 0 Å². The molecule has 0 aromatic heterocycles. The molecule has 0 aliphatic rings. The van der Waals surface area contributed by atoms with Crippen LogP contribution in [0.15, 0.2) is 12.1 Å². The van der Waals surface area contributed by atoms with Crippen molar-refractivity contribution in [2.45, 2.75) is 6.04 Å². The standard InChI is InChI=1S/C11H17NO4/c1-14-9-4-7(8(12)6-13)5-10(15-2)11(9)16-3/h4-5,8,13H,6,12H2,1-3H3. The number of aliphatic hydroxyl groups excluding tert-OH is 1. The zero-order valence-electron chi connectivity index (χ0n) is 9.69. The number of hydrogen-bond acceptors (Lipinski definition) is 5. The van der Waals surface area contributed by atoms with Crippen LogP contribution in [-0.2, 0) is 0 Å². The van der Waals surface area contributed by atoms with Gasteiger partial charge in [-0.15, -0.1) is 0 Å². The fraction of sp³-hybridized carbons (Fsp3) is 0.455. The van der Waals surface area contributed by atoms with Crippen molar-refractivity contribution >= 4 is 0 Å². The molecule has 0 aliphatic carbocycles. The molecular weight excluding hydrogens is 210 g/mol. The Morgan fingerprint density at radius 3 is 1.94 bits per heavy atom. The lowest BCUT2D eigenvalue weighted by Gasteiger charge is -2.16. The highest BCUT2D eigenvalue weighted by molar-refractivity contribution is 5.54. The Labute approximate surface area is 94.7 Å². The number of nitrogens with two attached hydrogens (primary N) is 1. The number of rotatable bonds is 5. The molecule has 0 saturated carbocycles. The highest BCUT2D eigenvalue weighted by Gasteiger charge is 2.15. The molecule has 1 unspecified atom stereocenters. The van der Waals surface area contributed by atoms with Crippen LogP contribution in [0, 0.1) is 0 Å². The van der Waals surface area contributed by atoms with Crippen molar-refractivity contribution in [1.82, 2.24) is 0 Å². The van der Waals surface area contributed by atoms with Crippen molar-refractivity contribution in [2.24, 2.45) is 5.73 Å². The van der Waals surface area contributed by atoms with Crippen LogP contribution < -0.4 is 19.9 Å². The molecule has 0 radical (unpaired) electrons. The third kappa shape index (κ3) is 2.37. The van der Waals surface area contributed by atoms with Crippen LogP contribution in [0.1, 0.15) is 11.6 Å². The largest absolute Gasteiger partial charge is 0.493 e. The SMILES string of the molecule is COc1cc(C(N)CO)cc(OC)c1OC. The number of benzene rings is 1. The Balaban J connectivity index is 3.25. The van der Waals surface area contributed by atoms with Crippen molar-refractivity contribution in [3.8, 4) is 17.2 Å². The van der Waals surface area contributed by atoms with E-state index >= 15 is 0 Å². The van der Waals surface area contributed by atoms with Gasteiger partial charge in [-0.3, -0.25) is 0 Å². The van der Waals surface area contributed by atoms with Crippen LogP contribution >= 0.6 is 0 Å². The normalized spacial score (nSPS) is 12.1. The average Bonchev–Trinajstić information content (AvgIpc) is 2.35. The zero-order valence-corrected chi connectivity index (χ0v) is 9.69. The third-order valence-corrected chi connectivity index (χ3v) is 2.31. The van der Waals surface area contributed by atoms with Gasteiger partial charge in [0, 0.05) is 0 Å². The van der Waals surface area contributed by atoms with E-state index in [1.807, 2.05) is 0 Å². The zero-order chi connectivity index (χ0) is 12.1. The van der Waals surface area contributed by atoms with Crippen molar-refractivity contribution < 1.29 is 19.3 Å². The summed E-state index contributed by atoms with van der Waals surface area (Å²) in [7, 11) is 4.60. The highest BCUT2D eigenvalue weighted by Crippen LogP contribution is 2.39. The summed E-state index contributed by atoms with van der Waals surface area (Å²) in [5.74, 6) is 1.57. The molecule has 0 spiro atoms. The van der Waals surface area contributed by atoms with E-state index < -0.39 is 6.04 Å². The molecule has 0 fully saturated rings. The molecule has 5 heteroatoms. The van der Waals surface area contributed by atoms with Gasteiger partial charge in [0.1, 0.15) is 0 Å². The van der Waals surface area contributed by atoms with Crippen LogP contribution in [0.4, 0.5) is 0 Å². The molecule has 1 aromatic rings. The molecule has 0 saturated heterocycles. The molecule has 1 aromatic carbocycles. The minimum atomic E-state index is -0.464. The second-order valence-electron chi connectivity index (χ2n) is 3.25. The quantitative estimate of drug-likeness (QED) is 0.774. The van der Waals surface area contributed by atoms with E-state index in [0.717, 1.165) is 5.56 Å². The van der Waals surface area contributed by atoms with Gasteiger partial charge in [-0.1, -0.05) is 0 Å². The number of methoxy groups -OCH3 is 3. The summed E-state index contributed by atoms with van der Waals surface area (Å²) in [6, 6.07) is 2.98. The molecule has 1 rings (SSSR count). The summed E-state index contributed by atoms with van der Waals surface area (Å²) in [5, 5.41) is 9.00. The van der Waals surface area contributed by atoms with Crippen LogP contribution in [0.5, 0.6) is 17.2 Å². The maximum Gasteiger partial charge on any atom is 0.203 e. The summed E-state index contributed by atoms with van der Waals surface area (Å²) >= 11 is 0. The monoisotopic (exact) mass is 227 g/mol.